The number of hydrogen-bond acceptors (Lipinski definition) is 3. The first-order valence-corrected chi connectivity index (χ1v) is 6.17. The van der Waals surface area contributed by atoms with Gasteiger partial charge in [-0.25, -0.2) is 0 Å². The SMILES string of the molecule is CCc1sc(C=O)cc1Cn1cc(Cl)cn1. The monoisotopic (exact) mass is 254 g/mol. The molecule has 5 heteroatoms. The van der Waals surface area contributed by atoms with E-state index in [1.807, 2.05) is 6.07 Å². The lowest BCUT2D eigenvalue weighted by atomic mass is 10.2. The van der Waals surface area contributed by atoms with Crippen LogP contribution < -0.4 is 0 Å². The molecule has 2 rings (SSSR count). The number of aromatic nitrogens is 2. The number of hydrogen-bond donors (Lipinski definition) is 0. The van der Waals surface area contributed by atoms with Crippen LogP contribution in [0.5, 0.6) is 0 Å². The van der Waals surface area contributed by atoms with Crippen LogP contribution in [0.2, 0.25) is 5.02 Å². The van der Waals surface area contributed by atoms with Crippen LogP contribution in [0.1, 0.15) is 27.0 Å². The van der Waals surface area contributed by atoms with Crippen molar-refractivity contribution >= 4 is 29.2 Å². The summed E-state index contributed by atoms with van der Waals surface area (Å²) < 4.78 is 1.78. The van der Waals surface area contributed by atoms with Crippen molar-refractivity contribution in [2.45, 2.75) is 19.9 Å². The van der Waals surface area contributed by atoms with E-state index in [0.717, 1.165) is 23.1 Å². The lowest BCUT2D eigenvalue weighted by molar-refractivity contribution is 0.112. The Morgan fingerprint density at radius 3 is 3.00 bits per heavy atom. The normalized spacial score (nSPS) is 10.6. The van der Waals surface area contributed by atoms with E-state index in [1.165, 1.54) is 4.88 Å². The number of thiophene rings is 1. The van der Waals surface area contributed by atoms with Crippen molar-refractivity contribution < 1.29 is 4.79 Å². The first kappa shape index (κ1) is 11.4. The van der Waals surface area contributed by atoms with Gasteiger partial charge in [0, 0.05) is 11.1 Å². The van der Waals surface area contributed by atoms with E-state index in [9.17, 15) is 4.79 Å². The van der Waals surface area contributed by atoms with Crippen molar-refractivity contribution in [2.24, 2.45) is 0 Å². The van der Waals surface area contributed by atoms with Gasteiger partial charge in [-0.05, 0) is 18.1 Å². The molecule has 0 unspecified atom stereocenters. The van der Waals surface area contributed by atoms with Crippen LogP contribution in [0.4, 0.5) is 0 Å². The Hall–Kier alpha value is -1.13. The lowest BCUT2D eigenvalue weighted by Crippen LogP contribution is -2.00. The Morgan fingerprint density at radius 1 is 1.62 bits per heavy atom. The topological polar surface area (TPSA) is 34.9 Å². The summed E-state index contributed by atoms with van der Waals surface area (Å²) in [6.45, 7) is 2.75. The average molecular weight is 255 g/mol. The number of carbonyl (C=O) groups is 1. The summed E-state index contributed by atoms with van der Waals surface area (Å²) in [5.74, 6) is 0. The molecule has 0 aliphatic carbocycles. The molecule has 0 bridgehead atoms. The summed E-state index contributed by atoms with van der Waals surface area (Å²) in [6.07, 6.45) is 5.21. The maximum absolute atomic E-state index is 10.7. The number of carbonyl (C=O) groups excluding carboxylic acids is 1. The molecular weight excluding hydrogens is 244 g/mol. The minimum absolute atomic E-state index is 0.629. The number of aryl methyl sites for hydroxylation is 1. The van der Waals surface area contributed by atoms with Gasteiger partial charge in [-0.3, -0.25) is 9.48 Å². The van der Waals surface area contributed by atoms with Crippen molar-refractivity contribution in [3.8, 4) is 0 Å². The van der Waals surface area contributed by atoms with E-state index in [0.29, 0.717) is 11.6 Å². The molecule has 2 heterocycles. The Kier molecular flexibility index (Phi) is 3.41. The second-order valence-corrected chi connectivity index (χ2v) is 5.03. The first-order valence-electron chi connectivity index (χ1n) is 4.97. The van der Waals surface area contributed by atoms with Gasteiger partial charge in [-0.1, -0.05) is 18.5 Å². The molecule has 0 spiro atoms. The molecule has 0 amide bonds. The smallest absolute Gasteiger partial charge is 0.160 e. The highest BCUT2D eigenvalue weighted by atomic mass is 35.5. The number of aldehydes is 1. The fourth-order valence-electron chi connectivity index (χ4n) is 1.58. The molecule has 2 aromatic heterocycles. The van der Waals surface area contributed by atoms with E-state index in [1.54, 1.807) is 28.4 Å². The van der Waals surface area contributed by atoms with Crippen molar-refractivity contribution in [1.29, 1.82) is 0 Å². The molecule has 16 heavy (non-hydrogen) atoms. The molecule has 0 aliphatic heterocycles. The summed E-state index contributed by atoms with van der Waals surface area (Å²) in [5.41, 5.74) is 1.15. The number of nitrogens with zero attached hydrogens (tertiary/aromatic N) is 2. The fraction of sp³-hybridized carbons (Fsp3) is 0.273. The predicted octanol–water partition coefficient (Wildman–Crippen LogP) is 3.02. The molecule has 0 N–H and O–H groups in total. The molecule has 0 aliphatic rings. The zero-order valence-electron chi connectivity index (χ0n) is 8.81. The van der Waals surface area contributed by atoms with E-state index in [-0.39, 0.29) is 0 Å². The van der Waals surface area contributed by atoms with E-state index in [2.05, 4.69) is 12.0 Å². The maximum atomic E-state index is 10.7. The van der Waals surface area contributed by atoms with E-state index >= 15 is 0 Å². The highest BCUT2D eigenvalue weighted by molar-refractivity contribution is 7.13. The van der Waals surface area contributed by atoms with Crippen LogP contribution in [0.3, 0.4) is 0 Å². The van der Waals surface area contributed by atoms with Crippen molar-refractivity contribution in [1.82, 2.24) is 9.78 Å². The van der Waals surface area contributed by atoms with Gasteiger partial charge in [0.2, 0.25) is 0 Å². The second kappa shape index (κ2) is 4.80. The largest absolute Gasteiger partial charge is 0.297 e. The molecule has 84 valence electrons. The van der Waals surface area contributed by atoms with Crippen molar-refractivity contribution in [3.05, 3.63) is 38.8 Å². The summed E-state index contributed by atoms with van der Waals surface area (Å²) in [4.78, 5) is 12.7. The molecule has 0 aromatic carbocycles. The van der Waals surface area contributed by atoms with Gasteiger partial charge in [-0.2, -0.15) is 5.10 Å². The van der Waals surface area contributed by atoms with E-state index < -0.39 is 0 Å². The predicted molar refractivity (Wildman–Crippen MR) is 65.4 cm³/mol. The maximum Gasteiger partial charge on any atom is 0.160 e. The summed E-state index contributed by atoms with van der Waals surface area (Å²) >= 11 is 7.34. The molecule has 3 nitrogen and oxygen atoms in total. The van der Waals surface area contributed by atoms with Gasteiger partial charge in [0.25, 0.3) is 0 Å². The van der Waals surface area contributed by atoms with Gasteiger partial charge in [0.05, 0.1) is 22.6 Å². The molecule has 0 saturated heterocycles. The molecule has 0 saturated carbocycles. The second-order valence-electron chi connectivity index (χ2n) is 3.42. The summed E-state index contributed by atoms with van der Waals surface area (Å²) in [6, 6.07) is 1.92. The fourth-order valence-corrected chi connectivity index (χ4v) is 2.67. The van der Waals surface area contributed by atoms with Gasteiger partial charge >= 0.3 is 0 Å². The van der Waals surface area contributed by atoms with Crippen LogP contribution in [0, 0.1) is 0 Å². The quantitative estimate of drug-likeness (QED) is 0.786. The van der Waals surface area contributed by atoms with Crippen LogP contribution in [-0.4, -0.2) is 16.1 Å². The molecule has 0 radical (unpaired) electrons. The highest BCUT2D eigenvalue weighted by Crippen LogP contribution is 2.23. The van der Waals surface area contributed by atoms with Gasteiger partial charge in [0.1, 0.15) is 0 Å². The third-order valence-electron chi connectivity index (χ3n) is 2.29. The summed E-state index contributed by atoms with van der Waals surface area (Å²) in [7, 11) is 0. The number of rotatable bonds is 4. The highest BCUT2D eigenvalue weighted by Gasteiger charge is 2.08. The lowest BCUT2D eigenvalue weighted by Gasteiger charge is -2.01. The van der Waals surface area contributed by atoms with Crippen LogP contribution in [-0.2, 0) is 13.0 Å². The van der Waals surface area contributed by atoms with E-state index in [4.69, 9.17) is 11.6 Å². The average Bonchev–Trinajstić information content (AvgIpc) is 2.85. The third-order valence-corrected chi connectivity index (χ3v) is 3.73. The minimum Gasteiger partial charge on any atom is -0.297 e. The Morgan fingerprint density at radius 2 is 2.44 bits per heavy atom. The zero-order chi connectivity index (χ0) is 11.5. The van der Waals surface area contributed by atoms with Crippen molar-refractivity contribution in [3.63, 3.8) is 0 Å². The Labute approximate surface area is 103 Å². The van der Waals surface area contributed by atoms with Crippen LogP contribution in [0.15, 0.2) is 18.5 Å². The molecule has 0 fully saturated rings. The first-order chi connectivity index (χ1) is 7.72. The van der Waals surface area contributed by atoms with Gasteiger partial charge < -0.3 is 0 Å². The Bertz CT molecular complexity index is 504. The van der Waals surface area contributed by atoms with Crippen LogP contribution >= 0.6 is 22.9 Å². The molecular formula is C11H11ClN2OS. The van der Waals surface area contributed by atoms with Gasteiger partial charge in [0.15, 0.2) is 6.29 Å². The minimum atomic E-state index is 0.629. The molecule has 0 atom stereocenters. The Balaban J connectivity index is 2.26. The van der Waals surface area contributed by atoms with Crippen molar-refractivity contribution in [2.75, 3.05) is 0 Å². The molecule has 2 aromatic rings. The summed E-state index contributed by atoms with van der Waals surface area (Å²) in [5, 5.41) is 4.75. The van der Waals surface area contributed by atoms with Gasteiger partial charge in [-0.15, -0.1) is 11.3 Å². The zero-order valence-corrected chi connectivity index (χ0v) is 10.4. The number of halogens is 1. The third kappa shape index (κ3) is 2.33. The standard InChI is InChI=1S/C11H11ClN2OS/c1-2-11-8(3-10(7-15)16-11)5-14-6-9(12)4-13-14/h3-4,6-7H,2,5H2,1H3. The van der Waals surface area contributed by atoms with Crippen LogP contribution in [0.25, 0.3) is 0 Å².